The van der Waals surface area contributed by atoms with Gasteiger partial charge in [0.1, 0.15) is 0 Å². The number of thiol groups is 1. The van der Waals surface area contributed by atoms with Crippen LogP contribution in [0.5, 0.6) is 0 Å². The lowest BCUT2D eigenvalue weighted by Crippen LogP contribution is -1.82. The first-order valence-electron chi connectivity index (χ1n) is 3.18. The highest BCUT2D eigenvalue weighted by Gasteiger charge is 1.93. The summed E-state index contributed by atoms with van der Waals surface area (Å²) in [7, 11) is 0. The number of hydrogen-bond donors (Lipinski definition) is 1. The summed E-state index contributed by atoms with van der Waals surface area (Å²) in [6.07, 6.45) is 1.66. The first kappa shape index (κ1) is 9.23. The minimum absolute atomic E-state index is 0.681. The summed E-state index contributed by atoms with van der Waals surface area (Å²) >= 11 is 11.4. The van der Waals surface area contributed by atoms with Crippen LogP contribution in [-0.4, -0.2) is 16.5 Å². The zero-order valence-corrected chi connectivity index (χ0v) is 8.29. The van der Waals surface area contributed by atoms with E-state index in [0.717, 1.165) is 16.5 Å². The summed E-state index contributed by atoms with van der Waals surface area (Å²) in [5.41, 5.74) is 0. The second kappa shape index (κ2) is 4.91. The number of hydrogen-bond acceptors (Lipinski definition) is 3. The molecule has 0 aliphatic heterocycles. The smallest absolute Gasteiger partial charge is 0.0961 e. The quantitative estimate of drug-likeness (QED) is 0.602. The molecule has 0 unspecified atom stereocenters. The molecule has 60 valence electrons. The molecule has 0 bridgehead atoms. The van der Waals surface area contributed by atoms with Crippen LogP contribution in [0, 0.1) is 0 Å². The van der Waals surface area contributed by atoms with Gasteiger partial charge >= 0.3 is 0 Å². The molecule has 0 spiro atoms. The highest BCUT2D eigenvalue weighted by Crippen LogP contribution is 2.16. The molecule has 0 N–H and O–H groups in total. The predicted octanol–water partition coefficient (Wildman–Crippen LogP) is 2.76. The Morgan fingerprint density at radius 1 is 1.55 bits per heavy atom. The third kappa shape index (κ3) is 3.36. The van der Waals surface area contributed by atoms with E-state index in [2.05, 4.69) is 17.6 Å². The topological polar surface area (TPSA) is 12.9 Å². The van der Waals surface area contributed by atoms with Gasteiger partial charge in [0.2, 0.25) is 0 Å². The highest BCUT2D eigenvalue weighted by molar-refractivity contribution is 7.99. The van der Waals surface area contributed by atoms with Crippen LogP contribution in [0.2, 0.25) is 5.02 Å². The van der Waals surface area contributed by atoms with E-state index >= 15 is 0 Å². The SMILES string of the molecule is SCCSc1ccc(Cl)cn1. The maximum Gasteiger partial charge on any atom is 0.0961 e. The third-order valence-electron chi connectivity index (χ3n) is 1.04. The van der Waals surface area contributed by atoms with Crippen molar-refractivity contribution in [3.05, 3.63) is 23.4 Å². The molecule has 1 aromatic heterocycles. The van der Waals surface area contributed by atoms with Crippen LogP contribution >= 0.6 is 36.0 Å². The van der Waals surface area contributed by atoms with E-state index in [1.54, 1.807) is 18.0 Å². The minimum atomic E-state index is 0.681. The Morgan fingerprint density at radius 2 is 2.36 bits per heavy atom. The largest absolute Gasteiger partial charge is 0.248 e. The summed E-state index contributed by atoms with van der Waals surface area (Å²) in [5, 5.41) is 1.68. The van der Waals surface area contributed by atoms with Crippen molar-refractivity contribution in [2.24, 2.45) is 0 Å². The summed E-state index contributed by atoms with van der Waals surface area (Å²) in [4.78, 5) is 4.11. The Labute approximate surface area is 81.0 Å². The fourth-order valence-corrected chi connectivity index (χ4v) is 1.58. The number of rotatable bonds is 3. The van der Waals surface area contributed by atoms with Gasteiger partial charge in [-0.15, -0.1) is 11.8 Å². The van der Waals surface area contributed by atoms with Crippen LogP contribution in [-0.2, 0) is 0 Å². The molecule has 0 saturated carbocycles. The van der Waals surface area contributed by atoms with Gasteiger partial charge in [0, 0.05) is 11.9 Å². The van der Waals surface area contributed by atoms with Crippen LogP contribution in [0.4, 0.5) is 0 Å². The molecule has 0 fully saturated rings. The van der Waals surface area contributed by atoms with Gasteiger partial charge in [-0.3, -0.25) is 0 Å². The fourth-order valence-electron chi connectivity index (χ4n) is 0.598. The van der Waals surface area contributed by atoms with E-state index in [1.165, 1.54) is 0 Å². The average Bonchev–Trinajstić information content (AvgIpc) is 2.04. The van der Waals surface area contributed by atoms with Crippen molar-refractivity contribution in [3.8, 4) is 0 Å². The van der Waals surface area contributed by atoms with Gasteiger partial charge < -0.3 is 0 Å². The summed E-state index contributed by atoms with van der Waals surface area (Å²) in [6.45, 7) is 0. The normalized spacial score (nSPS) is 10.0. The number of pyridine rings is 1. The Hall–Kier alpha value is 0.140. The van der Waals surface area contributed by atoms with Crippen molar-refractivity contribution in [1.29, 1.82) is 0 Å². The molecule has 0 aliphatic carbocycles. The van der Waals surface area contributed by atoms with Crippen LogP contribution in [0.15, 0.2) is 23.4 Å². The standard InChI is InChI=1S/C7H8ClNS2/c8-6-1-2-7(9-5-6)11-4-3-10/h1-2,5,10H,3-4H2. The second-order valence-electron chi connectivity index (χ2n) is 1.89. The van der Waals surface area contributed by atoms with Gasteiger partial charge in [-0.25, -0.2) is 4.98 Å². The fraction of sp³-hybridized carbons (Fsp3) is 0.286. The lowest BCUT2D eigenvalue weighted by molar-refractivity contribution is 1.13. The highest BCUT2D eigenvalue weighted by atomic mass is 35.5. The van der Waals surface area contributed by atoms with E-state index in [-0.39, 0.29) is 0 Å². The molecule has 0 amide bonds. The van der Waals surface area contributed by atoms with Crippen molar-refractivity contribution in [1.82, 2.24) is 4.98 Å². The molecular formula is C7H8ClNS2. The van der Waals surface area contributed by atoms with Crippen molar-refractivity contribution >= 4 is 36.0 Å². The summed E-state index contributed by atoms with van der Waals surface area (Å²) in [6, 6.07) is 3.76. The molecular weight excluding hydrogens is 198 g/mol. The van der Waals surface area contributed by atoms with Gasteiger partial charge in [-0.05, 0) is 17.9 Å². The molecule has 1 rings (SSSR count). The first-order valence-corrected chi connectivity index (χ1v) is 5.18. The second-order valence-corrected chi connectivity index (χ2v) is 3.89. The minimum Gasteiger partial charge on any atom is -0.248 e. The summed E-state index contributed by atoms with van der Waals surface area (Å²) < 4.78 is 0. The molecule has 0 aromatic carbocycles. The summed E-state index contributed by atoms with van der Waals surface area (Å²) in [5.74, 6) is 1.85. The molecule has 11 heavy (non-hydrogen) atoms. The van der Waals surface area contributed by atoms with E-state index in [4.69, 9.17) is 11.6 Å². The number of nitrogens with zero attached hydrogens (tertiary/aromatic N) is 1. The molecule has 0 radical (unpaired) electrons. The van der Waals surface area contributed by atoms with Crippen LogP contribution in [0.1, 0.15) is 0 Å². The number of thioether (sulfide) groups is 1. The van der Waals surface area contributed by atoms with Crippen LogP contribution < -0.4 is 0 Å². The van der Waals surface area contributed by atoms with E-state index in [9.17, 15) is 0 Å². The van der Waals surface area contributed by atoms with Crippen LogP contribution in [0.3, 0.4) is 0 Å². The molecule has 1 nitrogen and oxygen atoms in total. The molecule has 0 saturated heterocycles. The van der Waals surface area contributed by atoms with Crippen molar-refractivity contribution < 1.29 is 0 Å². The lowest BCUT2D eigenvalue weighted by atomic mass is 10.5. The van der Waals surface area contributed by atoms with Gasteiger partial charge in [-0.2, -0.15) is 12.6 Å². The maximum atomic E-state index is 5.66. The first-order chi connectivity index (χ1) is 5.33. The average molecular weight is 206 g/mol. The van der Waals surface area contributed by atoms with E-state index in [1.807, 2.05) is 12.1 Å². The Kier molecular flexibility index (Phi) is 4.12. The number of aromatic nitrogens is 1. The van der Waals surface area contributed by atoms with E-state index < -0.39 is 0 Å². The van der Waals surface area contributed by atoms with Crippen LogP contribution in [0.25, 0.3) is 0 Å². The monoisotopic (exact) mass is 205 g/mol. The van der Waals surface area contributed by atoms with Crippen molar-refractivity contribution in [2.75, 3.05) is 11.5 Å². The molecule has 0 atom stereocenters. The Morgan fingerprint density at radius 3 is 2.91 bits per heavy atom. The number of halogens is 1. The lowest BCUT2D eigenvalue weighted by Gasteiger charge is -1.96. The van der Waals surface area contributed by atoms with Gasteiger partial charge in [0.25, 0.3) is 0 Å². The van der Waals surface area contributed by atoms with Crippen molar-refractivity contribution in [3.63, 3.8) is 0 Å². The van der Waals surface area contributed by atoms with Crippen molar-refractivity contribution in [2.45, 2.75) is 5.03 Å². The van der Waals surface area contributed by atoms with E-state index in [0.29, 0.717) is 5.02 Å². The predicted molar refractivity (Wildman–Crippen MR) is 53.8 cm³/mol. The Bertz CT molecular complexity index is 212. The zero-order chi connectivity index (χ0) is 8.10. The van der Waals surface area contributed by atoms with Gasteiger partial charge in [-0.1, -0.05) is 11.6 Å². The maximum absolute atomic E-state index is 5.66. The molecule has 1 aromatic rings. The molecule has 0 aliphatic rings. The molecule has 4 heteroatoms. The van der Waals surface area contributed by atoms with Gasteiger partial charge in [0.05, 0.1) is 10.0 Å². The molecule has 1 heterocycles. The zero-order valence-electron chi connectivity index (χ0n) is 5.83. The Balaban J connectivity index is 2.52. The van der Waals surface area contributed by atoms with Gasteiger partial charge in [0.15, 0.2) is 0 Å². The third-order valence-corrected chi connectivity index (χ3v) is 2.74.